The molecule has 1 atom stereocenters. The van der Waals surface area contributed by atoms with E-state index in [2.05, 4.69) is 6.92 Å². The molecule has 3 rings (SSSR count). The Morgan fingerprint density at radius 2 is 1.78 bits per heavy atom. The Morgan fingerprint density at radius 3 is 2.41 bits per heavy atom. The summed E-state index contributed by atoms with van der Waals surface area (Å²) in [6.45, 7) is 7.38. The predicted molar refractivity (Wildman–Crippen MR) is 128 cm³/mol. The van der Waals surface area contributed by atoms with Crippen LogP contribution in [0.25, 0.3) is 10.9 Å². The second-order valence-electron chi connectivity index (χ2n) is 7.95. The molecule has 0 bridgehead atoms. The highest BCUT2D eigenvalue weighted by Gasteiger charge is 2.28. The normalized spacial score (nSPS) is 12.0. The van der Waals surface area contributed by atoms with E-state index >= 15 is 0 Å². The van der Waals surface area contributed by atoms with Crippen molar-refractivity contribution >= 4 is 16.8 Å². The van der Waals surface area contributed by atoms with E-state index in [9.17, 15) is 9.59 Å². The van der Waals surface area contributed by atoms with E-state index in [1.165, 1.54) is 0 Å². The fourth-order valence-electron chi connectivity index (χ4n) is 4.05. The molecule has 0 aliphatic heterocycles. The fraction of sp³-hybridized carbons (Fsp3) is 0.423. The fourth-order valence-corrected chi connectivity index (χ4v) is 4.05. The average molecular weight is 436 g/mol. The topological polar surface area (TPSA) is 64.4 Å². The first-order valence-corrected chi connectivity index (χ1v) is 11.5. The van der Waals surface area contributed by atoms with Crippen molar-refractivity contribution in [3.8, 4) is 5.75 Å². The molecule has 0 saturated carbocycles. The lowest BCUT2D eigenvalue weighted by Gasteiger charge is -2.32. The van der Waals surface area contributed by atoms with Gasteiger partial charge >= 0.3 is 0 Å². The molecule has 3 aromatic rings. The Kier molecular flexibility index (Phi) is 8.03. The summed E-state index contributed by atoms with van der Waals surface area (Å²) in [5.74, 6) is 1.32. The molecule has 6 nitrogen and oxygen atoms in total. The van der Waals surface area contributed by atoms with Crippen LogP contribution >= 0.6 is 0 Å². The second-order valence-corrected chi connectivity index (χ2v) is 7.95. The van der Waals surface area contributed by atoms with Crippen molar-refractivity contribution in [2.75, 3.05) is 13.7 Å². The standard InChI is InChI=1S/C26H33N3O3/c1-5-8-18-28(25(30)19-13-15-20(32-4)16-14-19)23(7-3)24-27-22-12-10-9-11-21(22)26(31)29(24)17-6-2/h9-16,23H,5-8,17-18H2,1-4H3. The maximum Gasteiger partial charge on any atom is 0.261 e. The molecular formula is C26H33N3O3. The van der Waals surface area contributed by atoms with Crippen molar-refractivity contribution in [3.05, 3.63) is 70.3 Å². The zero-order valence-electron chi connectivity index (χ0n) is 19.5. The molecule has 32 heavy (non-hydrogen) atoms. The minimum Gasteiger partial charge on any atom is -0.497 e. The van der Waals surface area contributed by atoms with Crippen LogP contribution in [0.1, 0.15) is 68.7 Å². The maximum absolute atomic E-state index is 13.6. The summed E-state index contributed by atoms with van der Waals surface area (Å²) in [4.78, 5) is 33.7. The van der Waals surface area contributed by atoms with Gasteiger partial charge in [0.1, 0.15) is 11.6 Å². The van der Waals surface area contributed by atoms with E-state index < -0.39 is 0 Å². The number of rotatable bonds is 10. The summed E-state index contributed by atoms with van der Waals surface area (Å²) in [6.07, 6.45) is 3.32. The number of fused-ring (bicyclic) bond motifs is 1. The first-order valence-electron chi connectivity index (χ1n) is 11.5. The number of carbonyl (C=O) groups is 1. The number of hydrogen-bond donors (Lipinski definition) is 0. The molecule has 1 aromatic heterocycles. The van der Waals surface area contributed by atoms with Crippen LogP contribution in [-0.2, 0) is 6.54 Å². The van der Waals surface area contributed by atoms with Gasteiger partial charge in [-0.25, -0.2) is 4.98 Å². The zero-order chi connectivity index (χ0) is 23.1. The Balaban J connectivity index is 2.12. The van der Waals surface area contributed by atoms with Crippen molar-refractivity contribution in [1.82, 2.24) is 14.5 Å². The van der Waals surface area contributed by atoms with Crippen LogP contribution in [0.3, 0.4) is 0 Å². The van der Waals surface area contributed by atoms with Crippen LogP contribution in [0.15, 0.2) is 53.3 Å². The molecule has 0 aliphatic rings. The minimum atomic E-state index is -0.292. The first-order chi connectivity index (χ1) is 15.5. The summed E-state index contributed by atoms with van der Waals surface area (Å²) in [5, 5.41) is 0.612. The van der Waals surface area contributed by atoms with Gasteiger partial charge in [-0.3, -0.25) is 14.2 Å². The van der Waals surface area contributed by atoms with Crippen LogP contribution in [0, 0.1) is 0 Å². The van der Waals surface area contributed by atoms with Gasteiger partial charge in [0.2, 0.25) is 0 Å². The van der Waals surface area contributed by atoms with E-state index in [0.717, 1.165) is 19.3 Å². The van der Waals surface area contributed by atoms with Crippen molar-refractivity contribution in [2.24, 2.45) is 0 Å². The monoisotopic (exact) mass is 435 g/mol. The van der Waals surface area contributed by atoms with Gasteiger partial charge in [0, 0.05) is 18.7 Å². The highest BCUT2D eigenvalue weighted by molar-refractivity contribution is 5.94. The molecule has 0 N–H and O–H groups in total. The molecular weight excluding hydrogens is 402 g/mol. The molecule has 1 amide bonds. The SMILES string of the molecule is CCCCN(C(=O)c1ccc(OC)cc1)C(CC)c1nc2ccccc2c(=O)n1CCC. The van der Waals surface area contributed by atoms with Crippen LogP contribution in [0.2, 0.25) is 0 Å². The smallest absolute Gasteiger partial charge is 0.261 e. The number of para-hydroxylation sites is 1. The van der Waals surface area contributed by atoms with Crippen molar-refractivity contribution in [2.45, 2.75) is 59.0 Å². The van der Waals surface area contributed by atoms with Crippen LogP contribution in [0.5, 0.6) is 5.75 Å². The highest BCUT2D eigenvalue weighted by atomic mass is 16.5. The summed E-state index contributed by atoms with van der Waals surface area (Å²) in [5.41, 5.74) is 1.23. The number of aromatic nitrogens is 2. The average Bonchev–Trinajstić information content (AvgIpc) is 2.83. The predicted octanol–water partition coefficient (Wildman–Crippen LogP) is 5.21. The number of ether oxygens (including phenoxy) is 1. The lowest BCUT2D eigenvalue weighted by molar-refractivity contribution is 0.0653. The lowest BCUT2D eigenvalue weighted by Crippen LogP contribution is -2.39. The molecule has 1 heterocycles. The van der Waals surface area contributed by atoms with E-state index in [1.807, 2.05) is 43.0 Å². The summed E-state index contributed by atoms with van der Waals surface area (Å²) < 4.78 is 7.00. The quantitative estimate of drug-likeness (QED) is 0.439. The van der Waals surface area contributed by atoms with Gasteiger partial charge in [0.15, 0.2) is 0 Å². The third-order valence-corrected chi connectivity index (χ3v) is 5.75. The highest BCUT2D eigenvalue weighted by Crippen LogP contribution is 2.27. The van der Waals surface area contributed by atoms with E-state index in [4.69, 9.17) is 9.72 Å². The molecule has 0 radical (unpaired) electrons. The number of hydrogen-bond acceptors (Lipinski definition) is 4. The molecule has 0 fully saturated rings. The third-order valence-electron chi connectivity index (χ3n) is 5.75. The number of unbranched alkanes of at least 4 members (excludes halogenated alkanes) is 1. The molecule has 6 heteroatoms. The number of carbonyl (C=O) groups excluding carboxylic acids is 1. The molecule has 0 saturated heterocycles. The van der Waals surface area contributed by atoms with Gasteiger partial charge in [-0.05, 0) is 55.7 Å². The summed E-state index contributed by atoms with van der Waals surface area (Å²) in [7, 11) is 1.61. The van der Waals surface area contributed by atoms with Gasteiger partial charge in [-0.15, -0.1) is 0 Å². The third kappa shape index (κ3) is 4.85. The van der Waals surface area contributed by atoms with E-state index in [0.29, 0.717) is 47.6 Å². The van der Waals surface area contributed by atoms with Gasteiger partial charge in [0.25, 0.3) is 11.5 Å². The van der Waals surface area contributed by atoms with Crippen molar-refractivity contribution in [3.63, 3.8) is 0 Å². The molecule has 170 valence electrons. The Labute approximate surface area is 189 Å². The first kappa shape index (κ1) is 23.5. The van der Waals surface area contributed by atoms with E-state index in [1.54, 1.807) is 35.9 Å². The van der Waals surface area contributed by atoms with Gasteiger partial charge in [0.05, 0.1) is 24.1 Å². The Morgan fingerprint density at radius 1 is 1.06 bits per heavy atom. The van der Waals surface area contributed by atoms with Crippen molar-refractivity contribution < 1.29 is 9.53 Å². The number of methoxy groups -OCH3 is 1. The van der Waals surface area contributed by atoms with Crippen LogP contribution < -0.4 is 10.3 Å². The molecule has 0 spiro atoms. The second kappa shape index (κ2) is 10.9. The molecule has 0 aliphatic carbocycles. The maximum atomic E-state index is 13.6. The number of nitrogens with zero attached hydrogens (tertiary/aromatic N) is 3. The Hall–Kier alpha value is -3.15. The van der Waals surface area contributed by atoms with E-state index in [-0.39, 0.29) is 17.5 Å². The van der Waals surface area contributed by atoms with Gasteiger partial charge in [-0.2, -0.15) is 0 Å². The number of amides is 1. The molecule has 1 unspecified atom stereocenters. The summed E-state index contributed by atoms with van der Waals surface area (Å²) >= 11 is 0. The largest absolute Gasteiger partial charge is 0.497 e. The lowest BCUT2D eigenvalue weighted by atomic mass is 10.1. The minimum absolute atomic E-state index is 0.0433. The van der Waals surface area contributed by atoms with Gasteiger partial charge in [-0.1, -0.05) is 39.3 Å². The van der Waals surface area contributed by atoms with Crippen LogP contribution in [-0.4, -0.2) is 34.0 Å². The van der Waals surface area contributed by atoms with Crippen LogP contribution in [0.4, 0.5) is 0 Å². The zero-order valence-corrected chi connectivity index (χ0v) is 19.5. The van der Waals surface area contributed by atoms with Crippen molar-refractivity contribution in [1.29, 1.82) is 0 Å². The van der Waals surface area contributed by atoms with Gasteiger partial charge < -0.3 is 9.64 Å². The summed E-state index contributed by atoms with van der Waals surface area (Å²) in [6, 6.07) is 14.3. The Bertz CT molecular complexity index is 1110. The molecule has 2 aromatic carbocycles. The number of benzene rings is 2.